The Balaban J connectivity index is 0.00000324. The van der Waals surface area contributed by atoms with Crippen LogP contribution in [0, 0.1) is 0 Å². The third-order valence-corrected chi connectivity index (χ3v) is 17.5. The largest absolute Gasteiger partial charge is 0.147 e. The number of hydrogen-bond donors (Lipinski definition) is 0. The minimum atomic E-state index is -2.84. The molecule has 4 rings (SSSR count). The second kappa shape index (κ2) is 9.50. The summed E-state index contributed by atoms with van der Waals surface area (Å²) in [7, 11) is -2.84. The van der Waals surface area contributed by atoms with Gasteiger partial charge >= 0.3 is 0 Å². The summed E-state index contributed by atoms with van der Waals surface area (Å²) in [6.07, 6.45) is 0. The van der Waals surface area contributed by atoms with E-state index in [1.165, 1.54) is 43.8 Å². The molecule has 0 aliphatic heterocycles. The summed E-state index contributed by atoms with van der Waals surface area (Å²) >= 11 is 14.9. The molecule has 0 aromatic heterocycles. The maximum absolute atomic E-state index is 7.45. The first-order valence-corrected chi connectivity index (χ1v) is 14.5. The van der Waals surface area contributed by atoms with Crippen LogP contribution in [0.15, 0.2) is 104 Å². The summed E-state index contributed by atoms with van der Waals surface area (Å²) in [4.78, 5) is 0. The molecule has 0 amide bonds. The van der Waals surface area contributed by atoms with E-state index in [0.29, 0.717) is 0 Å². The molecule has 2 aromatic rings. The van der Waals surface area contributed by atoms with Crippen LogP contribution in [-0.2, 0) is 25.8 Å². The first-order chi connectivity index (χ1) is 15.5. The smallest absolute Gasteiger partial charge is 0.0882 e. The Labute approximate surface area is 235 Å². The predicted octanol–water partition coefficient (Wildman–Crippen LogP) is 8.49. The Hall–Kier alpha value is -0.933. The van der Waals surface area contributed by atoms with Gasteiger partial charge in [-0.25, -0.2) is 0 Å². The Morgan fingerprint density at radius 1 is 0.529 bits per heavy atom. The van der Waals surface area contributed by atoms with E-state index in [4.69, 9.17) is 23.2 Å². The van der Waals surface area contributed by atoms with Crippen LogP contribution in [0.4, 0.5) is 0 Å². The quantitative estimate of drug-likeness (QED) is 0.286. The average molecular weight is 672 g/mol. The molecule has 0 bridgehead atoms. The molecule has 0 N–H and O–H groups in total. The first-order valence-electron chi connectivity index (χ1n) is 11.7. The molecule has 2 atom stereocenters. The molecule has 2 aromatic carbocycles. The van der Waals surface area contributed by atoms with Gasteiger partial charge in [0.1, 0.15) is 8.07 Å². The van der Waals surface area contributed by atoms with E-state index in [9.17, 15) is 0 Å². The summed E-state index contributed by atoms with van der Waals surface area (Å²) in [6.45, 7) is 18.2. The van der Waals surface area contributed by atoms with Crippen molar-refractivity contribution in [3.05, 3.63) is 104 Å². The standard InChI is InChI=1S/C30H34Cl2Si.Hf/c1-19-21(3)27(31)29(7,23(19)5)33(25-15-11-9-12-16-25,26-17-13-10-14-18-26)30(8)24(6)20(2)22(4)28(30)32;/h9-18H,1-8H3;. The van der Waals surface area contributed by atoms with Crippen LogP contribution >= 0.6 is 23.2 Å². The predicted molar refractivity (Wildman–Crippen MR) is 148 cm³/mol. The summed E-state index contributed by atoms with van der Waals surface area (Å²) in [5, 5.41) is 3.96. The topological polar surface area (TPSA) is 0 Å². The van der Waals surface area contributed by atoms with Gasteiger partial charge in [0.05, 0.1) is 0 Å². The molecule has 0 saturated heterocycles. The van der Waals surface area contributed by atoms with Crippen LogP contribution in [0.3, 0.4) is 0 Å². The molecule has 2 aliphatic carbocycles. The van der Waals surface area contributed by atoms with Crippen LogP contribution in [-0.4, -0.2) is 8.07 Å². The molecule has 176 valence electrons. The maximum Gasteiger partial charge on any atom is 0.147 e. The van der Waals surface area contributed by atoms with Crippen molar-refractivity contribution in [3.63, 3.8) is 0 Å². The van der Waals surface area contributed by atoms with Crippen LogP contribution in [0.25, 0.3) is 0 Å². The van der Waals surface area contributed by atoms with Crippen LogP contribution < -0.4 is 10.4 Å². The van der Waals surface area contributed by atoms with E-state index in [2.05, 4.69) is 116 Å². The monoisotopic (exact) mass is 672 g/mol. The van der Waals surface area contributed by atoms with E-state index in [1.54, 1.807) is 0 Å². The van der Waals surface area contributed by atoms with Gasteiger partial charge in [-0.1, -0.05) is 119 Å². The zero-order valence-corrected chi connectivity index (χ0v) is 27.6. The first kappa shape index (κ1) is 27.7. The summed E-state index contributed by atoms with van der Waals surface area (Å²) in [6, 6.07) is 22.2. The fourth-order valence-corrected chi connectivity index (χ4v) is 15.8. The third kappa shape index (κ3) is 3.24. The van der Waals surface area contributed by atoms with Gasteiger partial charge < -0.3 is 0 Å². The van der Waals surface area contributed by atoms with Crippen molar-refractivity contribution in [2.45, 2.75) is 65.5 Å². The average Bonchev–Trinajstić information content (AvgIpc) is 3.08. The van der Waals surface area contributed by atoms with Crippen LogP contribution in [0.1, 0.15) is 55.4 Å². The number of allylic oxidation sites excluding steroid dienone is 8. The zero-order chi connectivity index (χ0) is 24.3. The van der Waals surface area contributed by atoms with E-state index in [-0.39, 0.29) is 35.9 Å². The van der Waals surface area contributed by atoms with E-state index < -0.39 is 8.07 Å². The molecular formula is C30H34Cl2HfSi. The van der Waals surface area contributed by atoms with Gasteiger partial charge in [-0.3, -0.25) is 0 Å². The minimum absolute atomic E-state index is 0. The molecule has 0 spiro atoms. The normalized spacial score (nSPS) is 25.5. The fraction of sp³-hybridized carbons (Fsp3) is 0.333. The van der Waals surface area contributed by atoms with Crippen molar-refractivity contribution in [2.24, 2.45) is 0 Å². The van der Waals surface area contributed by atoms with Gasteiger partial charge in [-0.05, 0) is 63.8 Å². The van der Waals surface area contributed by atoms with Crippen molar-refractivity contribution < 1.29 is 25.8 Å². The van der Waals surface area contributed by atoms with Gasteiger partial charge in [0, 0.05) is 46.0 Å². The number of hydrogen-bond acceptors (Lipinski definition) is 0. The van der Waals surface area contributed by atoms with Crippen molar-refractivity contribution in [1.29, 1.82) is 0 Å². The molecule has 2 aliphatic rings. The van der Waals surface area contributed by atoms with Crippen molar-refractivity contribution in [1.82, 2.24) is 0 Å². The maximum atomic E-state index is 7.45. The number of benzene rings is 2. The molecule has 34 heavy (non-hydrogen) atoms. The molecule has 2 unspecified atom stereocenters. The SMILES string of the molecule is CC1=C(C)C(C)([Si](c2ccccc2)(c2ccccc2)C2(C)C(C)=C(C)C(C)=C2Cl)C(Cl)=C1C.[Hf]. The van der Waals surface area contributed by atoms with E-state index in [0.717, 1.165) is 10.1 Å². The molecule has 0 radical (unpaired) electrons. The van der Waals surface area contributed by atoms with E-state index >= 15 is 0 Å². The molecule has 0 heterocycles. The van der Waals surface area contributed by atoms with Crippen molar-refractivity contribution in [3.8, 4) is 0 Å². The molecule has 4 heteroatoms. The Morgan fingerprint density at radius 2 is 0.824 bits per heavy atom. The molecule has 0 saturated carbocycles. The second-order valence-electron chi connectivity index (χ2n) is 10.1. The third-order valence-electron chi connectivity index (χ3n) is 9.20. The van der Waals surface area contributed by atoms with E-state index in [1.807, 2.05) is 0 Å². The Morgan fingerprint density at radius 3 is 1.06 bits per heavy atom. The second-order valence-corrected chi connectivity index (χ2v) is 15.5. The Bertz CT molecular complexity index is 1100. The summed E-state index contributed by atoms with van der Waals surface area (Å²) in [5.41, 5.74) is 7.76. The van der Waals surface area contributed by atoms with Crippen molar-refractivity contribution in [2.75, 3.05) is 0 Å². The molecule has 0 fully saturated rings. The van der Waals surface area contributed by atoms with Crippen LogP contribution in [0.2, 0.25) is 10.1 Å². The van der Waals surface area contributed by atoms with Crippen LogP contribution in [0.5, 0.6) is 0 Å². The Kier molecular flexibility index (Phi) is 7.73. The minimum Gasteiger partial charge on any atom is -0.0882 e. The molecular weight excluding hydrogens is 638 g/mol. The zero-order valence-electron chi connectivity index (χ0n) is 21.5. The number of halogens is 2. The van der Waals surface area contributed by atoms with Gasteiger partial charge in [-0.2, -0.15) is 0 Å². The fourth-order valence-electron chi connectivity index (χ4n) is 6.81. The van der Waals surface area contributed by atoms with Gasteiger partial charge in [0.25, 0.3) is 0 Å². The summed E-state index contributed by atoms with van der Waals surface area (Å²) in [5.74, 6) is 0. The van der Waals surface area contributed by atoms with Crippen molar-refractivity contribution >= 4 is 41.6 Å². The molecule has 0 nitrogen and oxygen atoms in total. The number of rotatable bonds is 4. The van der Waals surface area contributed by atoms with Gasteiger partial charge in [-0.15, -0.1) is 0 Å². The van der Waals surface area contributed by atoms with Gasteiger partial charge in [0.15, 0.2) is 0 Å². The van der Waals surface area contributed by atoms with Gasteiger partial charge in [0.2, 0.25) is 0 Å². The summed E-state index contributed by atoms with van der Waals surface area (Å²) < 4.78 is 0.